The quantitative estimate of drug-likeness (QED) is 0.819. The average molecular weight is 271 g/mol. The number of halogens is 1. The Bertz CT molecular complexity index is 329. The molecule has 0 aliphatic carbocycles. The molecule has 0 aliphatic heterocycles. The summed E-state index contributed by atoms with van der Waals surface area (Å²) in [6.07, 6.45) is 1.14. The second-order valence-electron chi connectivity index (χ2n) is 4.98. The molecule has 1 aromatic carbocycles. The Kier molecular flexibility index (Phi) is 4.03. The molecule has 0 bridgehead atoms. The maximum absolute atomic E-state index is 5.67. The Morgan fingerprint density at radius 2 is 2.00 bits per heavy atom. The van der Waals surface area contributed by atoms with Gasteiger partial charge < -0.3 is 11.1 Å². The van der Waals surface area contributed by atoms with Gasteiger partial charge in [0.1, 0.15) is 0 Å². The van der Waals surface area contributed by atoms with Gasteiger partial charge in [-0.15, -0.1) is 0 Å². The molecule has 0 amide bonds. The van der Waals surface area contributed by atoms with Crippen LogP contribution >= 0.6 is 15.9 Å². The predicted octanol–water partition coefficient (Wildman–Crippen LogP) is 3.88. The second-order valence-corrected chi connectivity index (χ2v) is 5.83. The van der Waals surface area contributed by atoms with E-state index in [2.05, 4.69) is 42.0 Å². The fourth-order valence-corrected chi connectivity index (χ4v) is 1.78. The summed E-state index contributed by atoms with van der Waals surface area (Å²) < 4.78 is 1.02. The first-order valence-electron chi connectivity index (χ1n) is 5.17. The summed E-state index contributed by atoms with van der Waals surface area (Å²) in [5.74, 6) is 0. The standard InChI is InChI=1S/C12H19BrN2/c1-12(2,3)6-7-15-11-5-4-9(14)8-10(11)13/h4-5,8,15H,6-7,14H2,1-3H3. The first kappa shape index (κ1) is 12.4. The maximum atomic E-state index is 5.67. The summed E-state index contributed by atoms with van der Waals surface area (Å²) in [6.45, 7) is 7.71. The molecule has 0 heterocycles. The van der Waals surface area contributed by atoms with Crippen molar-refractivity contribution >= 4 is 27.3 Å². The molecular weight excluding hydrogens is 252 g/mol. The van der Waals surface area contributed by atoms with E-state index in [-0.39, 0.29) is 0 Å². The monoisotopic (exact) mass is 270 g/mol. The van der Waals surface area contributed by atoms with Crippen LogP contribution in [0, 0.1) is 5.41 Å². The molecule has 0 unspecified atom stereocenters. The van der Waals surface area contributed by atoms with Crippen LogP contribution in [0.1, 0.15) is 27.2 Å². The molecule has 0 saturated heterocycles. The lowest BCUT2D eigenvalue weighted by Crippen LogP contribution is -2.13. The normalized spacial score (nSPS) is 11.5. The molecule has 3 N–H and O–H groups in total. The van der Waals surface area contributed by atoms with Crippen molar-refractivity contribution < 1.29 is 0 Å². The van der Waals surface area contributed by atoms with Gasteiger partial charge in [0.2, 0.25) is 0 Å². The summed E-state index contributed by atoms with van der Waals surface area (Å²) in [5, 5.41) is 3.39. The van der Waals surface area contributed by atoms with Gasteiger partial charge in [0.25, 0.3) is 0 Å². The second kappa shape index (κ2) is 4.88. The van der Waals surface area contributed by atoms with Gasteiger partial charge in [0.15, 0.2) is 0 Å². The van der Waals surface area contributed by atoms with E-state index in [0.29, 0.717) is 5.41 Å². The molecule has 0 aliphatic rings. The summed E-state index contributed by atoms with van der Waals surface area (Å²) in [5.41, 5.74) is 7.92. The van der Waals surface area contributed by atoms with Gasteiger partial charge in [0.05, 0.1) is 0 Å². The van der Waals surface area contributed by atoms with Crippen molar-refractivity contribution in [2.75, 3.05) is 17.6 Å². The molecule has 0 spiro atoms. The zero-order valence-electron chi connectivity index (χ0n) is 9.60. The van der Waals surface area contributed by atoms with Crippen LogP contribution in [0.2, 0.25) is 0 Å². The van der Waals surface area contributed by atoms with Crippen molar-refractivity contribution in [1.82, 2.24) is 0 Å². The Balaban J connectivity index is 2.51. The number of anilines is 2. The van der Waals surface area contributed by atoms with Crippen molar-refractivity contribution in [3.63, 3.8) is 0 Å². The van der Waals surface area contributed by atoms with Crippen LogP contribution in [-0.4, -0.2) is 6.54 Å². The Morgan fingerprint density at radius 3 is 2.53 bits per heavy atom. The van der Waals surface area contributed by atoms with E-state index < -0.39 is 0 Å². The van der Waals surface area contributed by atoms with Crippen LogP contribution in [0.15, 0.2) is 22.7 Å². The summed E-state index contributed by atoms with van der Waals surface area (Å²) in [4.78, 5) is 0. The first-order chi connectivity index (χ1) is 6.88. The van der Waals surface area contributed by atoms with E-state index in [1.165, 1.54) is 0 Å². The number of benzene rings is 1. The van der Waals surface area contributed by atoms with Gasteiger partial charge in [-0.2, -0.15) is 0 Å². The summed E-state index contributed by atoms with van der Waals surface area (Å²) >= 11 is 3.49. The van der Waals surface area contributed by atoms with E-state index in [4.69, 9.17) is 5.73 Å². The van der Waals surface area contributed by atoms with Gasteiger partial charge in [-0.25, -0.2) is 0 Å². The predicted molar refractivity (Wildman–Crippen MR) is 71.1 cm³/mol. The molecule has 1 rings (SSSR count). The molecule has 84 valence electrons. The molecule has 0 fully saturated rings. The van der Waals surface area contributed by atoms with E-state index in [9.17, 15) is 0 Å². The third-order valence-corrected chi connectivity index (χ3v) is 2.84. The lowest BCUT2D eigenvalue weighted by Gasteiger charge is -2.19. The van der Waals surface area contributed by atoms with Crippen molar-refractivity contribution in [3.05, 3.63) is 22.7 Å². The number of nitrogens with two attached hydrogens (primary N) is 1. The highest BCUT2D eigenvalue weighted by Gasteiger charge is 2.09. The van der Waals surface area contributed by atoms with Crippen LogP contribution < -0.4 is 11.1 Å². The van der Waals surface area contributed by atoms with Crippen LogP contribution in [-0.2, 0) is 0 Å². The highest BCUT2D eigenvalue weighted by Crippen LogP contribution is 2.25. The molecular formula is C12H19BrN2. The fourth-order valence-electron chi connectivity index (χ4n) is 1.25. The highest BCUT2D eigenvalue weighted by atomic mass is 79.9. The van der Waals surface area contributed by atoms with Gasteiger partial charge in [0, 0.05) is 22.4 Å². The molecule has 0 aromatic heterocycles. The van der Waals surface area contributed by atoms with Crippen LogP contribution in [0.4, 0.5) is 11.4 Å². The highest BCUT2D eigenvalue weighted by molar-refractivity contribution is 9.10. The van der Waals surface area contributed by atoms with E-state index in [1.807, 2.05) is 18.2 Å². The zero-order chi connectivity index (χ0) is 11.5. The number of rotatable bonds is 3. The van der Waals surface area contributed by atoms with Crippen molar-refractivity contribution in [2.24, 2.45) is 5.41 Å². The third kappa shape index (κ3) is 4.56. The Labute approximate surface area is 100 Å². The zero-order valence-corrected chi connectivity index (χ0v) is 11.2. The van der Waals surface area contributed by atoms with Gasteiger partial charge in [-0.1, -0.05) is 20.8 Å². The van der Waals surface area contributed by atoms with Crippen molar-refractivity contribution in [2.45, 2.75) is 27.2 Å². The Morgan fingerprint density at radius 1 is 1.33 bits per heavy atom. The van der Waals surface area contributed by atoms with E-state index in [0.717, 1.165) is 28.8 Å². The first-order valence-corrected chi connectivity index (χ1v) is 5.97. The Hall–Kier alpha value is -0.700. The minimum atomic E-state index is 0.368. The van der Waals surface area contributed by atoms with Crippen LogP contribution in [0.3, 0.4) is 0 Å². The molecule has 0 radical (unpaired) electrons. The number of hydrogen-bond acceptors (Lipinski definition) is 2. The lowest BCUT2D eigenvalue weighted by atomic mass is 9.92. The average Bonchev–Trinajstić information content (AvgIpc) is 2.07. The van der Waals surface area contributed by atoms with Gasteiger partial charge in [-0.3, -0.25) is 0 Å². The topological polar surface area (TPSA) is 38.0 Å². The van der Waals surface area contributed by atoms with Crippen LogP contribution in [0.25, 0.3) is 0 Å². The largest absolute Gasteiger partial charge is 0.399 e. The minimum absolute atomic E-state index is 0.368. The van der Waals surface area contributed by atoms with E-state index >= 15 is 0 Å². The van der Waals surface area contributed by atoms with Crippen LogP contribution in [0.5, 0.6) is 0 Å². The SMILES string of the molecule is CC(C)(C)CCNc1ccc(N)cc1Br. The molecule has 3 heteroatoms. The molecule has 15 heavy (non-hydrogen) atoms. The van der Waals surface area contributed by atoms with E-state index in [1.54, 1.807) is 0 Å². The minimum Gasteiger partial charge on any atom is -0.399 e. The fraction of sp³-hybridized carbons (Fsp3) is 0.500. The third-order valence-electron chi connectivity index (χ3n) is 2.18. The maximum Gasteiger partial charge on any atom is 0.0486 e. The van der Waals surface area contributed by atoms with Gasteiger partial charge >= 0.3 is 0 Å². The molecule has 0 saturated carbocycles. The summed E-state index contributed by atoms with van der Waals surface area (Å²) in [6, 6.07) is 5.83. The molecule has 1 aromatic rings. The number of hydrogen-bond donors (Lipinski definition) is 2. The van der Waals surface area contributed by atoms with Gasteiger partial charge in [-0.05, 0) is 46.0 Å². The van der Waals surface area contributed by atoms with Crippen molar-refractivity contribution in [1.29, 1.82) is 0 Å². The smallest absolute Gasteiger partial charge is 0.0486 e. The number of nitrogen functional groups attached to an aromatic ring is 1. The molecule has 2 nitrogen and oxygen atoms in total. The molecule has 0 atom stereocenters. The number of nitrogens with one attached hydrogen (secondary N) is 1. The van der Waals surface area contributed by atoms with Crippen molar-refractivity contribution in [3.8, 4) is 0 Å². The lowest BCUT2D eigenvalue weighted by molar-refractivity contribution is 0.390. The summed E-state index contributed by atoms with van der Waals surface area (Å²) in [7, 11) is 0.